The minimum Gasteiger partial charge on any atom is -0.337 e. The van der Waals surface area contributed by atoms with E-state index in [2.05, 4.69) is 5.10 Å². The van der Waals surface area contributed by atoms with Gasteiger partial charge in [0, 0.05) is 19.3 Å². The number of alkyl halides is 3. The Kier molecular flexibility index (Phi) is 4.29. The number of halogens is 4. The molecule has 1 aliphatic heterocycles. The molecule has 1 aliphatic rings. The molecule has 1 aromatic carbocycles. The molecule has 4 nitrogen and oxygen atoms in total. The van der Waals surface area contributed by atoms with Crippen LogP contribution in [-0.4, -0.2) is 39.9 Å². The lowest BCUT2D eigenvalue weighted by Gasteiger charge is -2.33. The zero-order chi connectivity index (χ0) is 17.3. The number of nitrogens with zero attached hydrogens (tertiary/aromatic N) is 3. The Balaban J connectivity index is 1.76. The van der Waals surface area contributed by atoms with Gasteiger partial charge in [-0.15, -0.1) is 0 Å². The first-order valence-electron chi connectivity index (χ1n) is 7.52. The van der Waals surface area contributed by atoms with Crippen LogP contribution >= 0.6 is 0 Å². The van der Waals surface area contributed by atoms with Gasteiger partial charge >= 0.3 is 6.18 Å². The number of carbonyl (C=O) groups excluding carboxylic acids is 1. The highest BCUT2D eigenvalue weighted by Gasteiger charge is 2.42. The molecular weight excluding hydrogens is 326 g/mol. The third-order valence-electron chi connectivity index (χ3n) is 4.05. The van der Waals surface area contributed by atoms with E-state index >= 15 is 0 Å². The van der Waals surface area contributed by atoms with Crippen LogP contribution in [0.15, 0.2) is 36.5 Å². The highest BCUT2D eigenvalue weighted by Crippen LogP contribution is 2.33. The third-order valence-corrected chi connectivity index (χ3v) is 4.05. The first kappa shape index (κ1) is 16.5. The van der Waals surface area contributed by atoms with Crippen molar-refractivity contribution < 1.29 is 22.4 Å². The van der Waals surface area contributed by atoms with E-state index in [4.69, 9.17) is 0 Å². The van der Waals surface area contributed by atoms with Gasteiger partial charge in [-0.1, -0.05) is 6.07 Å². The summed E-state index contributed by atoms with van der Waals surface area (Å²) in [5.74, 6) is -2.49. The van der Waals surface area contributed by atoms with Crippen molar-refractivity contribution in [3.8, 4) is 5.69 Å². The van der Waals surface area contributed by atoms with Gasteiger partial charge in [0.25, 0.3) is 5.91 Å². The molecule has 0 N–H and O–H groups in total. The van der Waals surface area contributed by atoms with Gasteiger partial charge in [0.15, 0.2) is 5.69 Å². The number of likely N-dealkylation sites (tertiary alicyclic amines) is 1. The maximum Gasteiger partial charge on any atom is 0.393 e. The van der Waals surface area contributed by atoms with Crippen molar-refractivity contribution in [1.29, 1.82) is 0 Å². The van der Waals surface area contributed by atoms with E-state index in [1.54, 1.807) is 6.07 Å². The molecule has 1 aromatic heterocycles. The normalized spacial score (nSPS) is 18.7. The van der Waals surface area contributed by atoms with Crippen LogP contribution in [0.25, 0.3) is 5.69 Å². The Bertz CT molecular complexity index is 741. The summed E-state index contributed by atoms with van der Waals surface area (Å²) in [6, 6.07) is 7.08. The van der Waals surface area contributed by atoms with Gasteiger partial charge in [-0.2, -0.15) is 18.3 Å². The van der Waals surface area contributed by atoms with E-state index in [1.807, 2.05) is 0 Å². The van der Waals surface area contributed by atoms with Crippen LogP contribution in [-0.2, 0) is 0 Å². The van der Waals surface area contributed by atoms with E-state index in [0.717, 1.165) is 0 Å². The number of amides is 1. The van der Waals surface area contributed by atoms with Gasteiger partial charge in [0.05, 0.1) is 11.6 Å². The molecule has 8 heteroatoms. The Morgan fingerprint density at radius 2 is 2.04 bits per heavy atom. The molecule has 2 aromatic rings. The van der Waals surface area contributed by atoms with E-state index in [0.29, 0.717) is 12.1 Å². The van der Waals surface area contributed by atoms with Crippen molar-refractivity contribution in [3.63, 3.8) is 0 Å². The molecule has 1 saturated heterocycles. The second-order valence-corrected chi connectivity index (χ2v) is 5.76. The van der Waals surface area contributed by atoms with Crippen LogP contribution in [0.2, 0.25) is 0 Å². The molecule has 3 rings (SSSR count). The molecule has 0 unspecified atom stereocenters. The molecular formula is C16H15F4N3O. The fourth-order valence-corrected chi connectivity index (χ4v) is 2.79. The molecule has 1 atom stereocenters. The molecule has 0 radical (unpaired) electrons. The average molecular weight is 341 g/mol. The summed E-state index contributed by atoms with van der Waals surface area (Å²) < 4.78 is 53.1. The topological polar surface area (TPSA) is 38.1 Å². The number of hydrogen-bond acceptors (Lipinski definition) is 2. The molecule has 2 heterocycles. The predicted octanol–water partition coefficient (Wildman–Crippen LogP) is 3.43. The second-order valence-electron chi connectivity index (χ2n) is 5.76. The maximum atomic E-state index is 13.2. The minimum atomic E-state index is -4.31. The van der Waals surface area contributed by atoms with Gasteiger partial charge in [0.2, 0.25) is 0 Å². The van der Waals surface area contributed by atoms with Crippen LogP contribution < -0.4 is 0 Å². The first-order valence-corrected chi connectivity index (χ1v) is 7.52. The molecule has 0 bridgehead atoms. The zero-order valence-electron chi connectivity index (χ0n) is 12.6. The van der Waals surface area contributed by atoms with Crippen LogP contribution in [0.3, 0.4) is 0 Å². The molecule has 1 fully saturated rings. The SMILES string of the molecule is O=C(c1ccn(-c2cccc(F)c2)n1)N1CCC[C@H](C(F)(F)F)C1. The standard InChI is InChI=1S/C16H15F4N3O/c17-12-4-1-5-13(9-12)23-8-6-14(21-23)15(24)22-7-2-3-11(10-22)16(18,19)20/h1,4-6,8-9,11H,2-3,7,10H2/t11-/m0/s1. The summed E-state index contributed by atoms with van der Waals surface area (Å²) in [6.07, 6.45) is -2.49. The quantitative estimate of drug-likeness (QED) is 0.785. The van der Waals surface area contributed by atoms with Crippen molar-refractivity contribution in [2.24, 2.45) is 5.92 Å². The molecule has 1 amide bonds. The Labute approximate surface area is 135 Å². The third kappa shape index (κ3) is 3.42. The number of rotatable bonds is 2. The molecule has 0 aliphatic carbocycles. The monoisotopic (exact) mass is 341 g/mol. The second kappa shape index (κ2) is 6.26. The van der Waals surface area contributed by atoms with Gasteiger partial charge in [-0.3, -0.25) is 4.79 Å². The predicted molar refractivity (Wildman–Crippen MR) is 78.2 cm³/mol. The van der Waals surface area contributed by atoms with Crippen LogP contribution in [0, 0.1) is 11.7 Å². The summed E-state index contributed by atoms with van der Waals surface area (Å²) in [5, 5.41) is 4.06. The highest BCUT2D eigenvalue weighted by atomic mass is 19.4. The highest BCUT2D eigenvalue weighted by molar-refractivity contribution is 5.92. The minimum absolute atomic E-state index is 0.0328. The lowest BCUT2D eigenvalue weighted by Crippen LogP contribution is -2.44. The average Bonchev–Trinajstić information content (AvgIpc) is 3.03. The Morgan fingerprint density at radius 1 is 1.25 bits per heavy atom. The van der Waals surface area contributed by atoms with Crippen molar-refractivity contribution in [1.82, 2.24) is 14.7 Å². The fourth-order valence-electron chi connectivity index (χ4n) is 2.79. The van der Waals surface area contributed by atoms with E-state index in [-0.39, 0.29) is 25.2 Å². The number of aromatic nitrogens is 2. The summed E-state index contributed by atoms with van der Waals surface area (Å²) in [7, 11) is 0. The zero-order valence-corrected chi connectivity index (χ0v) is 12.6. The van der Waals surface area contributed by atoms with Crippen LogP contribution in [0.4, 0.5) is 17.6 Å². The van der Waals surface area contributed by atoms with Crippen LogP contribution in [0.5, 0.6) is 0 Å². The van der Waals surface area contributed by atoms with Gasteiger partial charge in [-0.25, -0.2) is 9.07 Å². The maximum absolute atomic E-state index is 13.2. The number of carbonyl (C=O) groups is 1. The summed E-state index contributed by atoms with van der Waals surface area (Å²) >= 11 is 0. The number of benzene rings is 1. The van der Waals surface area contributed by atoms with Crippen molar-refractivity contribution in [2.75, 3.05) is 13.1 Å². The van der Waals surface area contributed by atoms with Crippen molar-refractivity contribution in [2.45, 2.75) is 19.0 Å². The lowest BCUT2D eigenvalue weighted by molar-refractivity contribution is -0.184. The molecule has 128 valence electrons. The van der Waals surface area contributed by atoms with Gasteiger partial charge < -0.3 is 4.90 Å². The van der Waals surface area contributed by atoms with E-state index in [1.165, 1.54) is 40.0 Å². The van der Waals surface area contributed by atoms with Crippen LogP contribution in [0.1, 0.15) is 23.3 Å². The van der Waals surface area contributed by atoms with Gasteiger partial charge in [-0.05, 0) is 37.1 Å². The molecule has 0 spiro atoms. The summed E-state index contributed by atoms with van der Waals surface area (Å²) in [4.78, 5) is 13.6. The summed E-state index contributed by atoms with van der Waals surface area (Å²) in [5.41, 5.74) is 0.475. The fraction of sp³-hybridized carbons (Fsp3) is 0.375. The van der Waals surface area contributed by atoms with E-state index < -0.39 is 23.8 Å². The molecule has 24 heavy (non-hydrogen) atoms. The Morgan fingerprint density at radius 3 is 2.75 bits per heavy atom. The van der Waals surface area contributed by atoms with Crippen molar-refractivity contribution >= 4 is 5.91 Å². The Hall–Kier alpha value is -2.38. The lowest BCUT2D eigenvalue weighted by atomic mass is 9.97. The smallest absolute Gasteiger partial charge is 0.337 e. The van der Waals surface area contributed by atoms with Gasteiger partial charge in [0.1, 0.15) is 5.82 Å². The molecule has 0 saturated carbocycles. The number of piperidine rings is 1. The number of hydrogen-bond donors (Lipinski definition) is 0. The summed E-state index contributed by atoms with van der Waals surface area (Å²) in [6.45, 7) is -0.0760. The van der Waals surface area contributed by atoms with Crippen molar-refractivity contribution in [3.05, 3.63) is 48.0 Å². The largest absolute Gasteiger partial charge is 0.393 e. The van der Waals surface area contributed by atoms with E-state index in [9.17, 15) is 22.4 Å². The first-order chi connectivity index (χ1) is 11.3.